The molecule has 0 aliphatic heterocycles. The van der Waals surface area contributed by atoms with E-state index in [-0.39, 0.29) is 0 Å². The molecule has 0 saturated heterocycles. The van der Waals surface area contributed by atoms with Crippen molar-refractivity contribution in [2.75, 3.05) is 0 Å². The van der Waals surface area contributed by atoms with Crippen molar-refractivity contribution in [1.29, 1.82) is 0 Å². The van der Waals surface area contributed by atoms with Crippen LogP contribution >= 0.6 is 15.9 Å². The smallest absolute Gasteiger partial charge is 0.0535 e. The van der Waals surface area contributed by atoms with E-state index >= 15 is 0 Å². The zero-order chi connectivity index (χ0) is 18.8. The van der Waals surface area contributed by atoms with Gasteiger partial charge in [0.1, 0.15) is 0 Å². The second-order valence-corrected chi connectivity index (χ2v) is 7.55. The zero-order valence-electron chi connectivity index (χ0n) is 15.2. The SMILES string of the molecule is Cc1ccccc1-n1c(-c2ccc(Br)cc2)ccc1-c1cccc(CN)c1. The predicted molar refractivity (Wildman–Crippen MR) is 117 cm³/mol. The van der Waals surface area contributed by atoms with Gasteiger partial charge in [-0.25, -0.2) is 0 Å². The zero-order valence-corrected chi connectivity index (χ0v) is 16.8. The molecule has 3 heteroatoms. The lowest BCUT2D eigenvalue weighted by Gasteiger charge is -2.17. The molecule has 4 rings (SSSR count). The van der Waals surface area contributed by atoms with Crippen molar-refractivity contribution in [2.45, 2.75) is 13.5 Å². The summed E-state index contributed by atoms with van der Waals surface area (Å²) in [5, 5.41) is 0. The summed E-state index contributed by atoms with van der Waals surface area (Å²) in [6, 6.07) is 29.8. The van der Waals surface area contributed by atoms with Crippen LogP contribution in [0.3, 0.4) is 0 Å². The van der Waals surface area contributed by atoms with E-state index in [1.165, 1.54) is 28.1 Å². The number of para-hydroxylation sites is 1. The Bertz CT molecular complexity index is 1080. The van der Waals surface area contributed by atoms with Gasteiger partial charge < -0.3 is 10.3 Å². The van der Waals surface area contributed by atoms with Crippen LogP contribution in [0.5, 0.6) is 0 Å². The van der Waals surface area contributed by atoms with Crippen LogP contribution in [0, 0.1) is 6.92 Å². The third-order valence-corrected chi connectivity index (χ3v) is 5.36. The first-order valence-electron chi connectivity index (χ1n) is 9.00. The molecule has 3 aromatic carbocycles. The van der Waals surface area contributed by atoms with Crippen LogP contribution < -0.4 is 5.73 Å². The largest absolute Gasteiger partial charge is 0.326 e. The van der Waals surface area contributed by atoms with Gasteiger partial charge in [0.2, 0.25) is 0 Å². The highest BCUT2D eigenvalue weighted by atomic mass is 79.9. The summed E-state index contributed by atoms with van der Waals surface area (Å²) in [6.45, 7) is 2.69. The van der Waals surface area contributed by atoms with E-state index in [1.807, 2.05) is 0 Å². The second-order valence-electron chi connectivity index (χ2n) is 6.64. The lowest BCUT2D eigenvalue weighted by atomic mass is 10.1. The van der Waals surface area contributed by atoms with E-state index in [9.17, 15) is 0 Å². The number of aromatic nitrogens is 1. The number of rotatable bonds is 4. The van der Waals surface area contributed by atoms with E-state index in [4.69, 9.17) is 5.73 Å². The highest BCUT2D eigenvalue weighted by Crippen LogP contribution is 2.34. The Labute approximate surface area is 168 Å². The van der Waals surface area contributed by atoms with Gasteiger partial charge in [-0.05, 0) is 65.6 Å². The van der Waals surface area contributed by atoms with Crippen LogP contribution in [0.1, 0.15) is 11.1 Å². The Morgan fingerprint density at radius 2 is 1.48 bits per heavy atom. The number of hydrogen-bond acceptors (Lipinski definition) is 1. The molecule has 2 nitrogen and oxygen atoms in total. The Kier molecular flexibility index (Phi) is 4.97. The Morgan fingerprint density at radius 3 is 2.19 bits per heavy atom. The van der Waals surface area contributed by atoms with Gasteiger partial charge in [0.25, 0.3) is 0 Å². The van der Waals surface area contributed by atoms with Gasteiger partial charge in [0.15, 0.2) is 0 Å². The molecule has 134 valence electrons. The van der Waals surface area contributed by atoms with Gasteiger partial charge in [0.05, 0.1) is 11.4 Å². The van der Waals surface area contributed by atoms with E-state index < -0.39 is 0 Å². The molecule has 0 spiro atoms. The molecule has 0 atom stereocenters. The molecule has 27 heavy (non-hydrogen) atoms. The third kappa shape index (κ3) is 3.48. The van der Waals surface area contributed by atoms with Crippen LogP contribution in [0.2, 0.25) is 0 Å². The third-order valence-electron chi connectivity index (χ3n) is 4.84. The molecule has 0 aliphatic rings. The maximum Gasteiger partial charge on any atom is 0.0535 e. The van der Waals surface area contributed by atoms with Crippen LogP contribution in [-0.4, -0.2) is 4.57 Å². The van der Waals surface area contributed by atoms with Gasteiger partial charge in [-0.2, -0.15) is 0 Å². The summed E-state index contributed by atoms with van der Waals surface area (Å²) in [5.74, 6) is 0. The normalized spacial score (nSPS) is 10.9. The number of nitrogens with two attached hydrogens (primary N) is 1. The summed E-state index contributed by atoms with van der Waals surface area (Å²) in [7, 11) is 0. The van der Waals surface area contributed by atoms with Crippen LogP contribution in [-0.2, 0) is 6.54 Å². The minimum Gasteiger partial charge on any atom is -0.326 e. The van der Waals surface area contributed by atoms with Gasteiger partial charge in [0, 0.05) is 16.7 Å². The number of halogens is 1. The molecular formula is C24H21BrN2. The summed E-state index contributed by atoms with van der Waals surface area (Å²) in [6.07, 6.45) is 0. The molecule has 2 N–H and O–H groups in total. The summed E-state index contributed by atoms with van der Waals surface area (Å²) in [4.78, 5) is 0. The predicted octanol–water partition coefficient (Wildman–Crippen LogP) is 6.34. The molecule has 0 saturated carbocycles. The number of nitrogens with zero attached hydrogens (tertiary/aromatic N) is 1. The topological polar surface area (TPSA) is 30.9 Å². The van der Waals surface area contributed by atoms with Crippen molar-refractivity contribution in [1.82, 2.24) is 4.57 Å². The standard InChI is InChI=1S/C24H21BrN2/c1-17-5-2-3-8-22(17)27-23(19-9-11-21(25)12-10-19)13-14-24(27)20-7-4-6-18(15-20)16-26/h2-15H,16,26H2,1H3. The molecule has 1 aromatic heterocycles. The van der Waals surface area contributed by atoms with E-state index in [2.05, 4.69) is 112 Å². The van der Waals surface area contributed by atoms with Crippen molar-refractivity contribution in [2.24, 2.45) is 5.73 Å². The molecule has 0 radical (unpaired) electrons. The van der Waals surface area contributed by atoms with Gasteiger partial charge in [-0.15, -0.1) is 0 Å². The minimum atomic E-state index is 0.540. The fourth-order valence-corrected chi connectivity index (χ4v) is 3.70. The summed E-state index contributed by atoms with van der Waals surface area (Å²) in [5.41, 5.74) is 14.1. The van der Waals surface area contributed by atoms with Crippen LogP contribution in [0.4, 0.5) is 0 Å². The molecule has 1 heterocycles. The number of aryl methyl sites for hydroxylation is 1. The van der Waals surface area contributed by atoms with Crippen molar-refractivity contribution in [3.8, 4) is 28.2 Å². The monoisotopic (exact) mass is 416 g/mol. The second kappa shape index (κ2) is 7.55. The average molecular weight is 417 g/mol. The molecule has 0 aliphatic carbocycles. The Hall–Kier alpha value is -2.62. The van der Waals surface area contributed by atoms with Crippen molar-refractivity contribution in [3.05, 3.63) is 101 Å². The Morgan fingerprint density at radius 1 is 0.778 bits per heavy atom. The highest BCUT2D eigenvalue weighted by molar-refractivity contribution is 9.10. The van der Waals surface area contributed by atoms with Crippen molar-refractivity contribution >= 4 is 15.9 Å². The van der Waals surface area contributed by atoms with Gasteiger partial charge in [-0.1, -0.05) is 64.5 Å². The fraction of sp³-hybridized carbons (Fsp3) is 0.0833. The van der Waals surface area contributed by atoms with Crippen LogP contribution in [0.15, 0.2) is 89.4 Å². The molecule has 4 aromatic rings. The molecule has 0 bridgehead atoms. The van der Waals surface area contributed by atoms with E-state index in [1.54, 1.807) is 0 Å². The lowest BCUT2D eigenvalue weighted by molar-refractivity contribution is 1.06. The Balaban J connectivity index is 1.97. The molecule has 0 amide bonds. The van der Waals surface area contributed by atoms with Crippen LogP contribution in [0.25, 0.3) is 28.2 Å². The lowest BCUT2D eigenvalue weighted by Crippen LogP contribution is -2.02. The maximum atomic E-state index is 5.87. The minimum absolute atomic E-state index is 0.540. The van der Waals surface area contributed by atoms with Crippen molar-refractivity contribution in [3.63, 3.8) is 0 Å². The fourth-order valence-electron chi connectivity index (χ4n) is 3.44. The van der Waals surface area contributed by atoms with E-state index in [0.29, 0.717) is 6.54 Å². The molecule has 0 fully saturated rings. The molecule has 0 unspecified atom stereocenters. The first-order valence-corrected chi connectivity index (χ1v) is 9.80. The first-order chi connectivity index (χ1) is 13.2. The highest BCUT2D eigenvalue weighted by Gasteiger charge is 2.15. The maximum absolute atomic E-state index is 5.87. The molecular weight excluding hydrogens is 396 g/mol. The summed E-state index contributed by atoms with van der Waals surface area (Å²) >= 11 is 3.53. The first kappa shape index (κ1) is 17.8. The number of benzene rings is 3. The quantitative estimate of drug-likeness (QED) is 0.413. The number of hydrogen-bond donors (Lipinski definition) is 1. The summed E-state index contributed by atoms with van der Waals surface area (Å²) < 4.78 is 3.42. The van der Waals surface area contributed by atoms with Gasteiger partial charge >= 0.3 is 0 Å². The van der Waals surface area contributed by atoms with E-state index in [0.717, 1.165) is 15.7 Å². The average Bonchev–Trinajstić information content (AvgIpc) is 3.14. The van der Waals surface area contributed by atoms with Gasteiger partial charge in [-0.3, -0.25) is 0 Å². The van der Waals surface area contributed by atoms with Crippen molar-refractivity contribution < 1.29 is 0 Å².